The molecule has 0 radical (unpaired) electrons. The lowest BCUT2D eigenvalue weighted by Crippen LogP contribution is -2.47. The number of aromatic nitrogens is 1. The Morgan fingerprint density at radius 2 is 2.00 bits per heavy atom. The van der Waals surface area contributed by atoms with E-state index in [2.05, 4.69) is 10.3 Å². The predicted molar refractivity (Wildman–Crippen MR) is 104 cm³/mol. The number of likely N-dealkylation sites (tertiary alicyclic amines) is 1. The van der Waals surface area contributed by atoms with Crippen molar-refractivity contribution in [1.29, 1.82) is 0 Å². The summed E-state index contributed by atoms with van der Waals surface area (Å²) in [5.74, 6) is -0.264. The van der Waals surface area contributed by atoms with Gasteiger partial charge in [-0.2, -0.15) is 0 Å². The lowest BCUT2D eigenvalue weighted by atomic mass is 9.90. The van der Waals surface area contributed by atoms with Gasteiger partial charge in [-0.05, 0) is 50.3 Å². The zero-order valence-corrected chi connectivity index (χ0v) is 16.0. The molecule has 1 saturated carbocycles. The van der Waals surface area contributed by atoms with Gasteiger partial charge < -0.3 is 10.2 Å². The number of halogens is 1. The van der Waals surface area contributed by atoms with E-state index in [1.807, 2.05) is 13.0 Å². The molecule has 0 bridgehead atoms. The number of benzene rings is 1. The molecular weight excluding hydrogens is 357 g/mol. The second kappa shape index (κ2) is 7.34. The monoisotopic (exact) mass is 381 g/mol. The molecule has 2 heterocycles. The molecule has 2 aliphatic rings. The van der Waals surface area contributed by atoms with Crippen molar-refractivity contribution in [3.8, 4) is 0 Å². The van der Waals surface area contributed by atoms with Gasteiger partial charge in [0.05, 0.1) is 11.3 Å². The number of pyridine rings is 1. The Labute approximate surface area is 164 Å². The smallest absolute Gasteiger partial charge is 0.233 e. The second-order valence-corrected chi connectivity index (χ2v) is 7.86. The summed E-state index contributed by atoms with van der Waals surface area (Å²) in [5.41, 5.74) is 0.758. The average molecular weight is 381 g/mol. The Bertz CT molecular complexity index is 893. The van der Waals surface area contributed by atoms with Gasteiger partial charge in [0.2, 0.25) is 11.8 Å². The topological polar surface area (TPSA) is 62.3 Å². The number of carbonyl (C=O) groups is 2. The van der Waals surface area contributed by atoms with Gasteiger partial charge in [0, 0.05) is 24.8 Å². The molecule has 1 aromatic carbocycles. The van der Waals surface area contributed by atoms with Gasteiger partial charge in [0.25, 0.3) is 0 Å². The van der Waals surface area contributed by atoms with Crippen molar-refractivity contribution in [1.82, 2.24) is 9.88 Å². The van der Waals surface area contributed by atoms with E-state index in [4.69, 9.17) is 0 Å². The third-order valence-electron chi connectivity index (χ3n) is 5.79. The van der Waals surface area contributed by atoms with Gasteiger partial charge in [-0.1, -0.05) is 24.3 Å². The highest BCUT2D eigenvalue weighted by molar-refractivity contribution is 5.94. The highest BCUT2D eigenvalue weighted by atomic mass is 19.1. The largest absolute Gasteiger partial charge is 0.341 e. The first-order valence-electron chi connectivity index (χ1n) is 9.77. The van der Waals surface area contributed by atoms with Crippen LogP contribution in [0.1, 0.15) is 36.8 Å². The molecule has 2 aromatic rings. The summed E-state index contributed by atoms with van der Waals surface area (Å²) in [5, 5.41) is 2.85. The molecule has 146 valence electrons. The van der Waals surface area contributed by atoms with Gasteiger partial charge >= 0.3 is 0 Å². The van der Waals surface area contributed by atoms with Crippen LogP contribution in [-0.2, 0) is 15.0 Å². The molecular formula is C22H24FN3O2. The molecule has 4 rings (SSSR count). The first kappa shape index (κ1) is 18.6. The zero-order valence-electron chi connectivity index (χ0n) is 16.0. The number of carbonyl (C=O) groups excluding carboxylic acids is 2. The van der Waals surface area contributed by atoms with E-state index in [9.17, 15) is 14.0 Å². The average Bonchev–Trinajstić information content (AvgIpc) is 3.51. The van der Waals surface area contributed by atoms with E-state index in [0.717, 1.165) is 18.4 Å². The lowest BCUT2D eigenvalue weighted by Gasteiger charge is -2.34. The van der Waals surface area contributed by atoms with Gasteiger partial charge in [-0.3, -0.25) is 9.59 Å². The fourth-order valence-corrected chi connectivity index (χ4v) is 4.02. The third kappa shape index (κ3) is 3.51. The van der Waals surface area contributed by atoms with E-state index >= 15 is 0 Å². The van der Waals surface area contributed by atoms with Crippen molar-refractivity contribution in [2.75, 3.05) is 18.4 Å². The van der Waals surface area contributed by atoms with Crippen LogP contribution in [0.3, 0.4) is 0 Å². The maximum absolute atomic E-state index is 14.3. The van der Waals surface area contributed by atoms with Crippen LogP contribution in [0.2, 0.25) is 0 Å². The maximum Gasteiger partial charge on any atom is 0.233 e. The number of nitrogens with zero attached hydrogens (tertiary/aromatic N) is 2. The maximum atomic E-state index is 14.3. The molecule has 5 nitrogen and oxygen atoms in total. The van der Waals surface area contributed by atoms with Crippen LogP contribution in [0.25, 0.3) is 0 Å². The van der Waals surface area contributed by atoms with Crippen LogP contribution >= 0.6 is 0 Å². The van der Waals surface area contributed by atoms with Crippen molar-refractivity contribution in [3.05, 3.63) is 59.5 Å². The van der Waals surface area contributed by atoms with E-state index < -0.39 is 5.41 Å². The van der Waals surface area contributed by atoms with Crippen molar-refractivity contribution in [3.63, 3.8) is 0 Å². The Morgan fingerprint density at radius 1 is 1.21 bits per heavy atom. The molecule has 2 amide bonds. The number of anilines is 1. The molecule has 1 aliphatic carbocycles. The molecule has 2 fully saturated rings. The molecule has 28 heavy (non-hydrogen) atoms. The number of piperidine rings is 1. The van der Waals surface area contributed by atoms with Crippen LogP contribution in [0.5, 0.6) is 0 Å². The van der Waals surface area contributed by atoms with E-state index in [1.54, 1.807) is 35.4 Å². The van der Waals surface area contributed by atoms with Gasteiger partial charge in [0.15, 0.2) is 0 Å². The molecule has 1 N–H and O–H groups in total. The molecule has 1 unspecified atom stereocenters. The highest BCUT2D eigenvalue weighted by Crippen LogP contribution is 2.50. The first-order chi connectivity index (χ1) is 13.5. The standard InChI is InChI=1S/C22H24FN3O2/c1-15-8-9-19(24-13-15)25-20(27)16-5-4-12-26(14-16)21(28)22(10-11-22)17-6-2-3-7-18(17)23/h2-3,6-9,13,16H,4-5,10-12,14H2,1H3,(H,24,25,27). The van der Waals surface area contributed by atoms with E-state index in [0.29, 0.717) is 37.3 Å². The van der Waals surface area contributed by atoms with Crippen molar-refractivity contribution in [2.24, 2.45) is 5.92 Å². The molecule has 6 heteroatoms. The molecule has 1 aliphatic heterocycles. The summed E-state index contributed by atoms with van der Waals surface area (Å²) in [6, 6.07) is 10.2. The van der Waals surface area contributed by atoms with Crippen LogP contribution in [0, 0.1) is 18.7 Å². The number of aryl methyl sites for hydroxylation is 1. The molecule has 1 aromatic heterocycles. The minimum absolute atomic E-state index is 0.0523. The van der Waals surface area contributed by atoms with Gasteiger partial charge in [-0.25, -0.2) is 9.37 Å². The molecule has 1 atom stereocenters. The first-order valence-corrected chi connectivity index (χ1v) is 9.77. The fourth-order valence-electron chi connectivity index (χ4n) is 4.02. The number of nitrogens with one attached hydrogen (secondary N) is 1. The third-order valence-corrected chi connectivity index (χ3v) is 5.79. The summed E-state index contributed by atoms with van der Waals surface area (Å²) in [7, 11) is 0. The summed E-state index contributed by atoms with van der Waals surface area (Å²) in [6.45, 7) is 2.92. The molecule has 1 saturated heterocycles. The lowest BCUT2D eigenvalue weighted by molar-refractivity contribution is -0.137. The van der Waals surface area contributed by atoms with E-state index in [-0.39, 0.29) is 23.5 Å². The van der Waals surface area contributed by atoms with Crippen LogP contribution in [0.4, 0.5) is 10.2 Å². The van der Waals surface area contributed by atoms with Crippen LogP contribution in [0.15, 0.2) is 42.6 Å². The van der Waals surface area contributed by atoms with Crippen molar-refractivity contribution < 1.29 is 14.0 Å². The Morgan fingerprint density at radius 3 is 2.68 bits per heavy atom. The van der Waals surface area contributed by atoms with Crippen LogP contribution < -0.4 is 5.32 Å². The van der Waals surface area contributed by atoms with Gasteiger partial charge in [-0.15, -0.1) is 0 Å². The minimum Gasteiger partial charge on any atom is -0.341 e. The predicted octanol–water partition coefficient (Wildman–Crippen LogP) is 3.44. The summed E-state index contributed by atoms with van der Waals surface area (Å²) < 4.78 is 14.3. The number of rotatable bonds is 4. The summed E-state index contributed by atoms with van der Waals surface area (Å²) in [4.78, 5) is 31.8. The quantitative estimate of drug-likeness (QED) is 0.883. The Hall–Kier alpha value is -2.76. The number of hydrogen-bond donors (Lipinski definition) is 1. The highest BCUT2D eigenvalue weighted by Gasteiger charge is 2.54. The zero-order chi connectivity index (χ0) is 19.7. The number of amides is 2. The van der Waals surface area contributed by atoms with E-state index in [1.165, 1.54) is 6.07 Å². The van der Waals surface area contributed by atoms with Crippen molar-refractivity contribution in [2.45, 2.75) is 38.0 Å². The molecule has 0 spiro atoms. The summed E-state index contributed by atoms with van der Waals surface area (Å²) >= 11 is 0. The Balaban J connectivity index is 1.45. The number of hydrogen-bond acceptors (Lipinski definition) is 3. The van der Waals surface area contributed by atoms with Gasteiger partial charge in [0.1, 0.15) is 11.6 Å². The van der Waals surface area contributed by atoms with Crippen LogP contribution in [-0.4, -0.2) is 34.8 Å². The van der Waals surface area contributed by atoms with Crippen molar-refractivity contribution >= 4 is 17.6 Å². The Kier molecular flexibility index (Phi) is 4.87. The second-order valence-electron chi connectivity index (χ2n) is 7.86. The summed E-state index contributed by atoms with van der Waals surface area (Å²) in [6.07, 6.45) is 4.52. The minimum atomic E-state index is -0.748. The SMILES string of the molecule is Cc1ccc(NC(=O)C2CCCN(C(=O)C3(c4ccccc4F)CC3)C2)nc1. The fraction of sp³-hybridized carbons (Fsp3) is 0.409. The normalized spacial score (nSPS) is 20.5.